The Kier molecular flexibility index (Phi) is 7.24. The van der Waals surface area contributed by atoms with E-state index < -0.39 is 5.97 Å². The number of benzene rings is 3. The fourth-order valence-electron chi connectivity index (χ4n) is 2.98. The summed E-state index contributed by atoms with van der Waals surface area (Å²) in [6.45, 7) is 2.66. The predicted molar refractivity (Wildman–Crippen MR) is 122 cm³/mol. The van der Waals surface area contributed by atoms with E-state index in [1.807, 2.05) is 43.3 Å². The number of ether oxygens (including phenoxy) is 2. The number of hydrogen-bond acceptors (Lipinski definition) is 4. The van der Waals surface area contributed by atoms with Crippen LogP contribution in [-0.4, -0.2) is 18.2 Å². The summed E-state index contributed by atoms with van der Waals surface area (Å²) in [6, 6.07) is 16.2. The zero-order valence-electron chi connectivity index (χ0n) is 16.5. The van der Waals surface area contributed by atoms with Gasteiger partial charge in [0, 0.05) is 27.3 Å². The molecule has 0 atom stereocenters. The van der Waals surface area contributed by atoms with Gasteiger partial charge in [0.1, 0.15) is 6.61 Å². The van der Waals surface area contributed by atoms with Crippen LogP contribution in [0, 0.1) is 6.92 Å². The maximum atomic E-state index is 11.3. The maximum Gasteiger partial charge on any atom is 0.335 e. The molecule has 0 radical (unpaired) electrons. The second-order valence-corrected chi connectivity index (χ2v) is 7.96. The highest BCUT2D eigenvalue weighted by atomic mass is 79.9. The molecule has 30 heavy (non-hydrogen) atoms. The van der Waals surface area contributed by atoms with E-state index in [0.717, 1.165) is 26.9 Å². The molecule has 0 aromatic heterocycles. The molecule has 0 spiro atoms. The van der Waals surface area contributed by atoms with Crippen molar-refractivity contribution in [3.05, 3.63) is 86.3 Å². The molecule has 0 saturated heterocycles. The van der Waals surface area contributed by atoms with Gasteiger partial charge < -0.3 is 19.9 Å². The minimum atomic E-state index is -0.967. The Morgan fingerprint density at radius 2 is 1.97 bits per heavy atom. The second kappa shape index (κ2) is 9.87. The summed E-state index contributed by atoms with van der Waals surface area (Å²) < 4.78 is 12.5. The minimum Gasteiger partial charge on any atom is -0.493 e. The van der Waals surface area contributed by atoms with E-state index in [1.165, 1.54) is 0 Å². The molecule has 0 aliphatic rings. The van der Waals surface area contributed by atoms with E-state index in [1.54, 1.807) is 25.3 Å². The average Bonchev–Trinajstić information content (AvgIpc) is 2.72. The van der Waals surface area contributed by atoms with E-state index in [2.05, 4.69) is 21.2 Å². The standard InChI is InChI=1S/C23H21BrClNO4/c1-14-6-7-16(23(27)28)11-20(14)26-12-18-19(24)8-9-21(29-2)22(18)30-13-15-4-3-5-17(25)10-15/h3-11,26H,12-13H2,1-2H3,(H,27,28). The van der Waals surface area contributed by atoms with Crippen molar-refractivity contribution in [2.75, 3.05) is 12.4 Å². The topological polar surface area (TPSA) is 67.8 Å². The van der Waals surface area contributed by atoms with Gasteiger partial charge in [0.05, 0.1) is 12.7 Å². The third-order valence-corrected chi connectivity index (χ3v) is 5.58. The molecule has 0 heterocycles. The molecule has 0 aliphatic heterocycles. The smallest absolute Gasteiger partial charge is 0.335 e. The molecule has 3 rings (SSSR count). The summed E-state index contributed by atoms with van der Waals surface area (Å²) >= 11 is 9.66. The van der Waals surface area contributed by atoms with Crippen molar-refractivity contribution in [1.29, 1.82) is 0 Å². The van der Waals surface area contributed by atoms with E-state index in [4.69, 9.17) is 21.1 Å². The number of carbonyl (C=O) groups is 1. The maximum absolute atomic E-state index is 11.3. The molecular formula is C23H21BrClNO4. The Morgan fingerprint density at radius 3 is 2.67 bits per heavy atom. The van der Waals surface area contributed by atoms with E-state index in [0.29, 0.717) is 29.7 Å². The van der Waals surface area contributed by atoms with E-state index in [9.17, 15) is 9.90 Å². The van der Waals surface area contributed by atoms with Gasteiger partial charge in [-0.1, -0.05) is 45.7 Å². The number of methoxy groups -OCH3 is 1. The van der Waals surface area contributed by atoms with Gasteiger partial charge in [0.2, 0.25) is 0 Å². The lowest BCUT2D eigenvalue weighted by molar-refractivity contribution is 0.0697. The Labute approximate surface area is 188 Å². The lowest BCUT2D eigenvalue weighted by Crippen LogP contribution is -2.08. The van der Waals surface area contributed by atoms with Crippen molar-refractivity contribution >= 4 is 39.2 Å². The van der Waals surface area contributed by atoms with Crippen LogP contribution in [0.3, 0.4) is 0 Å². The predicted octanol–water partition coefficient (Wildman–Crippen LogP) is 6.31. The van der Waals surface area contributed by atoms with Gasteiger partial charge in [-0.2, -0.15) is 0 Å². The van der Waals surface area contributed by atoms with Crippen LogP contribution in [0.25, 0.3) is 0 Å². The number of carboxylic acid groups (broad SMARTS) is 1. The van der Waals surface area contributed by atoms with Crippen molar-refractivity contribution in [1.82, 2.24) is 0 Å². The summed E-state index contributed by atoms with van der Waals surface area (Å²) in [5.74, 6) is 0.241. The molecule has 0 bridgehead atoms. The largest absolute Gasteiger partial charge is 0.493 e. The molecule has 0 saturated carbocycles. The lowest BCUT2D eigenvalue weighted by Gasteiger charge is -2.18. The van der Waals surface area contributed by atoms with Crippen LogP contribution < -0.4 is 14.8 Å². The van der Waals surface area contributed by atoms with Gasteiger partial charge in [0.25, 0.3) is 0 Å². The highest BCUT2D eigenvalue weighted by Gasteiger charge is 2.16. The number of anilines is 1. The Balaban J connectivity index is 1.87. The highest BCUT2D eigenvalue weighted by Crippen LogP contribution is 2.37. The molecule has 0 unspecified atom stereocenters. The number of nitrogens with one attached hydrogen (secondary N) is 1. The monoisotopic (exact) mass is 489 g/mol. The van der Waals surface area contributed by atoms with Gasteiger partial charge in [-0.25, -0.2) is 4.79 Å². The van der Waals surface area contributed by atoms with Crippen molar-refractivity contribution in [3.63, 3.8) is 0 Å². The van der Waals surface area contributed by atoms with Crippen molar-refractivity contribution in [2.24, 2.45) is 0 Å². The average molecular weight is 491 g/mol. The number of rotatable bonds is 8. The summed E-state index contributed by atoms with van der Waals surface area (Å²) in [5.41, 5.74) is 3.71. The molecular weight excluding hydrogens is 470 g/mol. The van der Waals surface area contributed by atoms with Crippen molar-refractivity contribution < 1.29 is 19.4 Å². The Bertz CT molecular complexity index is 1070. The third kappa shape index (κ3) is 5.26. The summed E-state index contributed by atoms with van der Waals surface area (Å²) in [5, 5.41) is 13.2. The number of aryl methyl sites for hydroxylation is 1. The number of halogens is 2. The van der Waals surface area contributed by atoms with Crippen molar-refractivity contribution in [2.45, 2.75) is 20.1 Å². The van der Waals surface area contributed by atoms with Crippen LogP contribution >= 0.6 is 27.5 Å². The summed E-state index contributed by atoms with van der Waals surface area (Å²) in [6.07, 6.45) is 0. The summed E-state index contributed by atoms with van der Waals surface area (Å²) in [7, 11) is 1.59. The van der Waals surface area contributed by atoms with Gasteiger partial charge in [0.15, 0.2) is 11.5 Å². The van der Waals surface area contributed by atoms with Crippen LogP contribution in [-0.2, 0) is 13.2 Å². The van der Waals surface area contributed by atoms with Crippen LogP contribution in [0.4, 0.5) is 5.69 Å². The minimum absolute atomic E-state index is 0.227. The lowest BCUT2D eigenvalue weighted by atomic mass is 10.1. The van der Waals surface area contributed by atoms with E-state index >= 15 is 0 Å². The Hall–Kier alpha value is -2.70. The van der Waals surface area contributed by atoms with Gasteiger partial charge in [-0.15, -0.1) is 0 Å². The zero-order valence-corrected chi connectivity index (χ0v) is 18.9. The normalized spacial score (nSPS) is 10.5. The number of hydrogen-bond donors (Lipinski definition) is 2. The molecule has 5 nitrogen and oxygen atoms in total. The molecule has 3 aromatic carbocycles. The molecule has 156 valence electrons. The zero-order chi connectivity index (χ0) is 21.7. The fourth-order valence-corrected chi connectivity index (χ4v) is 3.64. The molecule has 7 heteroatoms. The van der Waals surface area contributed by atoms with Crippen LogP contribution in [0.1, 0.15) is 27.0 Å². The first-order valence-electron chi connectivity index (χ1n) is 9.19. The fraction of sp³-hybridized carbons (Fsp3) is 0.174. The SMILES string of the molecule is COc1ccc(Br)c(CNc2cc(C(=O)O)ccc2C)c1OCc1cccc(Cl)c1. The quantitative estimate of drug-likeness (QED) is 0.387. The Morgan fingerprint density at radius 1 is 1.17 bits per heavy atom. The van der Waals surface area contributed by atoms with Gasteiger partial charge in [-0.05, 0) is 54.4 Å². The molecule has 0 amide bonds. The van der Waals surface area contributed by atoms with Gasteiger partial charge in [-0.3, -0.25) is 0 Å². The molecule has 3 aromatic rings. The number of aromatic carboxylic acids is 1. The second-order valence-electron chi connectivity index (χ2n) is 6.66. The summed E-state index contributed by atoms with van der Waals surface area (Å²) in [4.78, 5) is 11.3. The van der Waals surface area contributed by atoms with Crippen LogP contribution in [0.15, 0.2) is 59.1 Å². The van der Waals surface area contributed by atoms with Crippen LogP contribution in [0.2, 0.25) is 5.02 Å². The van der Waals surface area contributed by atoms with Gasteiger partial charge >= 0.3 is 5.97 Å². The molecule has 0 fully saturated rings. The van der Waals surface area contributed by atoms with Crippen molar-refractivity contribution in [3.8, 4) is 11.5 Å². The van der Waals surface area contributed by atoms with Crippen LogP contribution in [0.5, 0.6) is 11.5 Å². The van der Waals surface area contributed by atoms with E-state index in [-0.39, 0.29) is 5.56 Å². The molecule has 0 aliphatic carbocycles. The molecule has 2 N–H and O–H groups in total. The first kappa shape index (κ1) is 22.0. The first-order valence-corrected chi connectivity index (χ1v) is 10.4. The highest BCUT2D eigenvalue weighted by molar-refractivity contribution is 9.10. The number of carboxylic acids is 1. The third-order valence-electron chi connectivity index (χ3n) is 4.60. The first-order chi connectivity index (χ1) is 14.4.